The van der Waals surface area contributed by atoms with Crippen LogP contribution in [0.2, 0.25) is 10.0 Å². The first kappa shape index (κ1) is 15.3. The first-order valence-electron chi connectivity index (χ1n) is 5.01. The van der Waals surface area contributed by atoms with Gasteiger partial charge in [0.1, 0.15) is 4.90 Å². The van der Waals surface area contributed by atoms with Crippen molar-refractivity contribution in [2.24, 2.45) is 0 Å². The van der Waals surface area contributed by atoms with Crippen LogP contribution < -0.4 is 5.73 Å². The van der Waals surface area contributed by atoms with Gasteiger partial charge in [-0.1, -0.05) is 35.4 Å². The number of nitrogens with two attached hydrogens (primary N) is 1. The highest BCUT2D eigenvalue weighted by atomic mass is 35.5. The van der Waals surface area contributed by atoms with Gasteiger partial charge < -0.3 is 5.73 Å². The molecule has 0 aromatic heterocycles. The zero-order valence-electron chi connectivity index (χ0n) is 10.1. The number of likely N-dealkylation sites (N-methyl/N-ethyl adjacent to an activating group) is 1. The van der Waals surface area contributed by atoms with Gasteiger partial charge in [0.2, 0.25) is 10.0 Å². The fraction of sp³-hybridized carbons (Fsp3) is 0.273. The third kappa shape index (κ3) is 3.17. The molecule has 0 aliphatic heterocycles. The van der Waals surface area contributed by atoms with Crippen molar-refractivity contribution in [3.8, 4) is 0 Å². The Kier molecular flexibility index (Phi) is 4.66. The number of nitrogen functional groups attached to an aromatic ring is 1. The standard InChI is InChI=1S/C11H14Cl2N2O2S/c1-7(2)6-15(3)18(16,17)11-9(12)4-8(14)5-10(11)13/h4-5H,1,6,14H2,2-3H3. The fourth-order valence-corrected chi connectivity index (χ4v) is 3.85. The van der Waals surface area contributed by atoms with Crippen LogP contribution in [0.4, 0.5) is 5.69 Å². The maximum Gasteiger partial charge on any atom is 0.246 e. The topological polar surface area (TPSA) is 63.4 Å². The summed E-state index contributed by atoms with van der Waals surface area (Å²) in [6.45, 7) is 5.60. The third-order valence-electron chi connectivity index (χ3n) is 2.18. The van der Waals surface area contributed by atoms with Crippen LogP contribution in [0.1, 0.15) is 6.92 Å². The number of hydrogen-bond acceptors (Lipinski definition) is 3. The van der Waals surface area contributed by atoms with Crippen molar-refractivity contribution in [1.82, 2.24) is 4.31 Å². The summed E-state index contributed by atoms with van der Waals surface area (Å²) in [4.78, 5) is -0.135. The van der Waals surface area contributed by atoms with Crippen molar-refractivity contribution < 1.29 is 8.42 Å². The molecular weight excluding hydrogens is 295 g/mol. The fourth-order valence-electron chi connectivity index (χ4n) is 1.45. The Hall–Kier alpha value is -0.750. The molecule has 0 amide bonds. The minimum absolute atomic E-state index is 0.00793. The number of hydrogen-bond donors (Lipinski definition) is 1. The highest BCUT2D eigenvalue weighted by Gasteiger charge is 2.26. The number of rotatable bonds is 4. The Bertz CT molecular complexity index is 562. The largest absolute Gasteiger partial charge is 0.399 e. The van der Waals surface area contributed by atoms with Gasteiger partial charge in [-0.15, -0.1) is 0 Å². The average molecular weight is 309 g/mol. The molecule has 0 aliphatic carbocycles. The number of benzene rings is 1. The molecule has 0 saturated heterocycles. The number of nitrogens with zero attached hydrogens (tertiary/aromatic N) is 1. The van der Waals surface area contributed by atoms with Crippen LogP contribution in [0.25, 0.3) is 0 Å². The van der Waals surface area contributed by atoms with E-state index in [1.165, 1.54) is 19.2 Å². The van der Waals surface area contributed by atoms with E-state index in [1.807, 2.05) is 0 Å². The minimum Gasteiger partial charge on any atom is -0.399 e. The monoisotopic (exact) mass is 308 g/mol. The summed E-state index contributed by atoms with van der Waals surface area (Å²) in [7, 11) is -2.32. The molecule has 0 bridgehead atoms. The predicted octanol–water partition coefficient (Wildman–Crippen LogP) is 2.77. The number of anilines is 1. The second-order valence-corrected chi connectivity index (χ2v) is 6.83. The first-order chi connectivity index (χ1) is 8.16. The van der Waals surface area contributed by atoms with Crippen molar-refractivity contribution in [2.75, 3.05) is 19.3 Å². The van der Waals surface area contributed by atoms with Crippen LogP contribution in [-0.4, -0.2) is 26.3 Å². The van der Waals surface area contributed by atoms with E-state index in [9.17, 15) is 8.42 Å². The number of sulfonamides is 1. The second kappa shape index (κ2) is 5.48. The van der Waals surface area contributed by atoms with E-state index in [0.29, 0.717) is 11.3 Å². The summed E-state index contributed by atoms with van der Waals surface area (Å²) < 4.78 is 25.7. The zero-order valence-corrected chi connectivity index (χ0v) is 12.4. The van der Waals surface area contributed by atoms with Crippen molar-refractivity contribution in [3.05, 3.63) is 34.3 Å². The molecule has 1 aromatic carbocycles. The van der Waals surface area contributed by atoms with E-state index in [1.54, 1.807) is 6.92 Å². The summed E-state index contributed by atoms with van der Waals surface area (Å²) in [5.74, 6) is 0. The smallest absolute Gasteiger partial charge is 0.246 e. The lowest BCUT2D eigenvalue weighted by atomic mass is 10.3. The molecule has 0 aliphatic rings. The Labute approximate surface area is 117 Å². The van der Waals surface area contributed by atoms with Gasteiger partial charge in [0.05, 0.1) is 10.0 Å². The van der Waals surface area contributed by atoms with E-state index >= 15 is 0 Å². The molecule has 1 rings (SSSR count). The van der Waals surface area contributed by atoms with Gasteiger partial charge in [-0.2, -0.15) is 4.31 Å². The Balaban J connectivity index is 3.33. The first-order valence-corrected chi connectivity index (χ1v) is 7.21. The van der Waals surface area contributed by atoms with E-state index in [4.69, 9.17) is 28.9 Å². The molecule has 100 valence electrons. The predicted molar refractivity (Wildman–Crippen MR) is 75.5 cm³/mol. The lowest BCUT2D eigenvalue weighted by molar-refractivity contribution is 0.493. The molecule has 2 N–H and O–H groups in total. The normalized spacial score (nSPS) is 11.8. The van der Waals surface area contributed by atoms with Crippen molar-refractivity contribution >= 4 is 38.9 Å². The van der Waals surface area contributed by atoms with Crippen LogP contribution in [0.15, 0.2) is 29.2 Å². The molecule has 7 heteroatoms. The van der Waals surface area contributed by atoms with Gasteiger partial charge in [-0.3, -0.25) is 0 Å². The van der Waals surface area contributed by atoms with Gasteiger partial charge >= 0.3 is 0 Å². The van der Waals surface area contributed by atoms with Gasteiger partial charge in [-0.25, -0.2) is 8.42 Å². The lowest BCUT2D eigenvalue weighted by Crippen LogP contribution is -2.28. The Morgan fingerprint density at radius 3 is 2.22 bits per heavy atom. The van der Waals surface area contributed by atoms with Crippen LogP contribution in [-0.2, 0) is 10.0 Å². The summed E-state index contributed by atoms with van der Waals surface area (Å²) in [6.07, 6.45) is 0. The molecule has 4 nitrogen and oxygen atoms in total. The second-order valence-electron chi connectivity index (χ2n) is 4.03. The van der Waals surface area contributed by atoms with Crippen LogP contribution in [0.3, 0.4) is 0 Å². The SMILES string of the molecule is C=C(C)CN(C)S(=O)(=O)c1c(Cl)cc(N)cc1Cl. The molecule has 0 fully saturated rings. The maximum absolute atomic E-state index is 12.3. The highest BCUT2D eigenvalue weighted by molar-refractivity contribution is 7.89. The van der Waals surface area contributed by atoms with Crippen molar-refractivity contribution in [3.63, 3.8) is 0 Å². The Morgan fingerprint density at radius 2 is 1.83 bits per heavy atom. The molecule has 0 radical (unpaired) electrons. The quantitative estimate of drug-likeness (QED) is 0.687. The number of halogens is 2. The zero-order chi connectivity index (χ0) is 14.1. The summed E-state index contributed by atoms with van der Waals surface area (Å²) in [6, 6.07) is 2.71. The van der Waals surface area contributed by atoms with Gasteiger partial charge in [0, 0.05) is 19.3 Å². The molecular formula is C11H14Cl2N2O2S. The van der Waals surface area contributed by atoms with Crippen LogP contribution in [0.5, 0.6) is 0 Å². The molecule has 0 saturated carbocycles. The van der Waals surface area contributed by atoms with Gasteiger partial charge in [0.15, 0.2) is 0 Å². The minimum atomic E-state index is -3.76. The van der Waals surface area contributed by atoms with E-state index < -0.39 is 10.0 Å². The van der Waals surface area contributed by atoms with Crippen molar-refractivity contribution in [1.29, 1.82) is 0 Å². The maximum atomic E-state index is 12.3. The summed E-state index contributed by atoms with van der Waals surface area (Å²) in [5, 5.41) is 0.0159. The highest BCUT2D eigenvalue weighted by Crippen LogP contribution is 2.33. The molecule has 0 unspecified atom stereocenters. The summed E-state index contributed by atoms with van der Waals surface area (Å²) in [5.41, 5.74) is 6.56. The van der Waals surface area contributed by atoms with Gasteiger partial charge in [0.25, 0.3) is 0 Å². The third-order valence-corrected chi connectivity index (χ3v) is 4.91. The lowest BCUT2D eigenvalue weighted by Gasteiger charge is -2.19. The van der Waals surface area contributed by atoms with Crippen LogP contribution >= 0.6 is 23.2 Å². The van der Waals surface area contributed by atoms with Crippen molar-refractivity contribution in [2.45, 2.75) is 11.8 Å². The molecule has 0 atom stereocenters. The van der Waals surface area contributed by atoms with Gasteiger partial charge in [-0.05, 0) is 19.1 Å². The molecule has 1 aromatic rings. The molecule has 18 heavy (non-hydrogen) atoms. The Morgan fingerprint density at radius 1 is 1.39 bits per heavy atom. The van der Waals surface area contributed by atoms with E-state index in [2.05, 4.69) is 6.58 Å². The molecule has 0 spiro atoms. The van der Waals surface area contributed by atoms with E-state index in [0.717, 1.165) is 4.31 Å². The summed E-state index contributed by atoms with van der Waals surface area (Å²) >= 11 is 11.8. The molecule has 0 heterocycles. The van der Waals surface area contributed by atoms with Crippen LogP contribution in [0, 0.1) is 0 Å². The average Bonchev–Trinajstić information content (AvgIpc) is 2.13. The van der Waals surface area contributed by atoms with E-state index in [-0.39, 0.29) is 21.5 Å².